The molecule has 0 aliphatic carbocycles. The van der Waals surface area contributed by atoms with Crippen LogP contribution in [0.1, 0.15) is 24.7 Å². The first-order valence-electron chi connectivity index (χ1n) is 20.1. The molecule has 2 aromatic heterocycles. The summed E-state index contributed by atoms with van der Waals surface area (Å²) in [5.74, 6) is 1.05. The van der Waals surface area contributed by atoms with Crippen LogP contribution in [-0.4, -0.2) is 187 Å². The number of anilines is 1. The van der Waals surface area contributed by atoms with Gasteiger partial charge in [0.25, 0.3) is 0 Å². The van der Waals surface area contributed by atoms with Gasteiger partial charge in [-0.05, 0) is 37.6 Å². The van der Waals surface area contributed by atoms with Gasteiger partial charge in [-0.2, -0.15) is 10.2 Å². The molecule has 0 saturated carbocycles. The summed E-state index contributed by atoms with van der Waals surface area (Å²) in [6, 6.07) is 9.41. The number of hydrogen-bond acceptors (Lipinski definition) is 19. The number of hydrogen-bond donors (Lipinski definition) is 3. The molecule has 0 bridgehead atoms. The predicted molar refractivity (Wildman–Crippen MR) is 216 cm³/mol. The molecule has 0 fully saturated rings. The van der Waals surface area contributed by atoms with E-state index in [1.807, 2.05) is 37.3 Å². The average Bonchev–Trinajstić information content (AvgIpc) is 3.26. The van der Waals surface area contributed by atoms with E-state index in [1.54, 1.807) is 12.4 Å². The van der Waals surface area contributed by atoms with Gasteiger partial charge in [-0.15, -0.1) is 0 Å². The molecule has 328 valence electrons. The third kappa shape index (κ3) is 25.8. The van der Waals surface area contributed by atoms with Crippen LogP contribution in [0.15, 0.2) is 52.9 Å². The van der Waals surface area contributed by atoms with Crippen LogP contribution in [0, 0.1) is 0 Å². The van der Waals surface area contributed by atoms with Crippen molar-refractivity contribution in [2.75, 3.05) is 170 Å². The third-order valence-electron chi connectivity index (χ3n) is 7.56. The van der Waals surface area contributed by atoms with Crippen LogP contribution in [0.4, 0.5) is 5.69 Å². The summed E-state index contributed by atoms with van der Waals surface area (Å²) < 4.78 is 65.8. The van der Waals surface area contributed by atoms with E-state index in [0.29, 0.717) is 188 Å². The number of nitrogens with one attached hydrogen (secondary N) is 3. The molecule has 2 aromatic rings. The minimum absolute atomic E-state index is 0.495. The van der Waals surface area contributed by atoms with Gasteiger partial charge in [-0.3, -0.25) is 20.8 Å². The molecule has 19 heteroatoms. The smallest absolute Gasteiger partial charge is 0.194 e. The van der Waals surface area contributed by atoms with E-state index in [4.69, 9.17) is 56.8 Å². The zero-order chi connectivity index (χ0) is 40.7. The Morgan fingerprint density at radius 2 is 0.828 bits per heavy atom. The maximum Gasteiger partial charge on any atom is 0.194 e. The molecule has 19 nitrogen and oxygen atoms in total. The number of pyridine rings is 2. The fraction of sp³-hybridized carbons (Fsp3) is 0.692. The van der Waals surface area contributed by atoms with E-state index in [9.17, 15) is 0 Å². The van der Waals surface area contributed by atoms with Crippen LogP contribution >= 0.6 is 0 Å². The second-order valence-corrected chi connectivity index (χ2v) is 12.0. The molecule has 3 N–H and O–H groups in total. The summed E-state index contributed by atoms with van der Waals surface area (Å²) in [6.07, 6.45) is 4.23. The van der Waals surface area contributed by atoms with Crippen LogP contribution in [0.2, 0.25) is 0 Å². The van der Waals surface area contributed by atoms with Gasteiger partial charge >= 0.3 is 0 Å². The summed E-state index contributed by atoms with van der Waals surface area (Å²) >= 11 is 0. The van der Waals surface area contributed by atoms with Gasteiger partial charge in [0.05, 0.1) is 151 Å². The van der Waals surface area contributed by atoms with E-state index < -0.39 is 0 Å². The number of aromatic nitrogens is 2. The lowest BCUT2D eigenvalue weighted by molar-refractivity contribution is -0.0282. The minimum atomic E-state index is 0.495. The molecule has 1 aliphatic rings. The maximum absolute atomic E-state index is 5.69. The average molecular weight is 824 g/mol. The summed E-state index contributed by atoms with van der Waals surface area (Å²) in [4.78, 5) is 8.74. The van der Waals surface area contributed by atoms with E-state index in [0.717, 1.165) is 12.1 Å². The Morgan fingerprint density at radius 3 is 1.22 bits per heavy atom. The lowest BCUT2D eigenvalue weighted by atomic mass is 10.2. The van der Waals surface area contributed by atoms with E-state index in [-0.39, 0.29) is 0 Å². The maximum atomic E-state index is 5.69. The lowest BCUT2D eigenvalue weighted by Gasteiger charge is -2.16. The largest absolute Gasteiger partial charge is 0.383 e. The molecule has 0 amide bonds. The van der Waals surface area contributed by atoms with Crippen molar-refractivity contribution in [3.8, 4) is 0 Å². The van der Waals surface area contributed by atoms with Crippen molar-refractivity contribution in [1.29, 1.82) is 0 Å². The Hall–Kier alpha value is -3.44. The number of hydrazone groups is 2. The van der Waals surface area contributed by atoms with Crippen molar-refractivity contribution in [1.82, 2.24) is 20.8 Å². The fourth-order valence-electron chi connectivity index (χ4n) is 4.69. The van der Waals surface area contributed by atoms with Crippen LogP contribution in [0.5, 0.6) is 0 Å². The quantitative estimate of drug-likeness (QED) is 0.0819. The van der Waals surface area contributed by atoms with Crippen LogP contribution in [0.25, 0.3) is 0 Å². The molecule has 3 heterocycles. The zero-order valence-corrected chi connectivity index (χ0v) is 34.1. The molecule has 0 aromatic carbocycles. The van der Waals surface area contributed by atoms with Crippen LogP contribution in [0.3, 0.4) is 0 Å². The SMILES string of the molecule is CCOCCOCCOCCOCCOCCOCCOCCOCCOCCOCCOCCOCCCNc1cccnc1C1=NNC(c2ccccn2)=NN1. The highest BCUT2D eigenvalue weighted by atomic mass is 16.6. The summed E-state index contributed by atoms with van der Waals surface area (Å²) in [6.45, 7) is 15.4. The standard InChI is InChI=1S/C39H65N7O12/c1-2-47-13-14-49-17-18-51-21-22-53-25-26-55-29-30-57-33-34-58-32-31-56-28-27-54-24-23-52-20-19-50-16-15-48-12-6-11-40-35-8-5-10-42-37(35)39-45-43-38(44-46-39)36-7-3-4-9-41-36/h3-5,7-10,40H,2,6,11-34H2,1H3,(H,43,44)(H,45,46). The molecule has 0 unspecified atom stereocenters. The first-order valence-corrected chi connectivity index (χ1v) is 20.1. The fourth-order valence-corrected chi connectivity index (χ4v) is 4.69. The Kier molecular flexibility index (Phi) is 30.9. The monoisotopic (exact) mass is 823 g/mol. The van der Waals surface area contributed by atoms with E-state index in [1.165, 1.54) is 0 Å². The highest BCUT2D eigenvalue weighted by molar-refractivity contribution is 6.06. The molecule has 3 rings (SSSR count). The van der Waals surface area contributed by atoms with Gasteiger partial charge in [0, 0.05) is 32.2 Å². The number of nitrogens with zero attached hydrogens (tertiary/aromatic N) is 4. The molecule has 1 aliphatic heterocycles. The topological polar surface area (TPSA) is 197 Å². The highest BCUT2D eigenvalue weighted by Gasteiger charge is 2.16. The van der Waals surface area contributed by atoms with Crippen molar-refractivity contribution in [3.05, 3.63) is 54.1 Å². The molecular weight excluding hydrogens is 758 g/mol. The summed E-state index contributed by atoms with van der Waals surface area (Å²) in [5.41, 5.74) is 8.10. The Bertz CT molecular complexity index is 1300. The van der Waals surface area contributed by atoms with Crippen LogP contribution in [-0.2, 0) is 56.8 Å². The van der Waals surface area contributed by atoms with Gasteiger partial charge in [0.15, 0.2) is 11.7 Å². The van der Waals surface area contributed by atoms with Crippen molar-refractivity contribution >= 4 is 17.4 Å². The van der Waals surface area contributed by atoms with Gasteiger partial charge < -0.3 is 62.2 Å². The zero-order valence-electron chi connectivity index (χ0n) is 34.1. The Morgan fingerprint density at radius 1 is 0.431 bits per heavy atom. The highest BCUT2D eigenvalue weighted by Crippen LogP contribution is 2.13. The van der Waals surface area contributed by atoms with Gasteiger partial charge in [-0.1, -0.05) is 6.07 Å². The summed E-state index contributed by atoms with van der Waals surface area (Å²) in [5, 5.41) is 12.1. The number of amidine groups is 2. The van der Waals surface area contributed by atoms with Crippen molar-refractivity contribution < 1.29 is 56.8 Å². The molecule has 0 radical (unpaired) electrons. The number of ether oxygens (including phenoxy) is 12. The first-order chi connectivity index (χ1) is 28.9. The second kappa shape index (κ2) is 36.6. The molecule has 58 heavy (non-hydrogen) atoms. The number of rotatable bonds is 41. The summed E-state index contributed by atoms with van der Waals surface area (Å²) in [7, 11) is 0. The first kappa shape index (κ1) is 48.9. The molecule has 0 spiro atoms. The van der Waals surface area contributed by atoms with E-state index in [2.05, 4.69) is 36.3 Å². The van der Waals surface area contributed by atoms with Gasteiger partial charge in [0.1, 0.15) is 11.4 Å². The predicted octanol–water partition coefficient (Wildman–Crippen LogP) is 1.71. The van der Waals surface area contributed by atoms with Crippen LogP contribution < -0.4 is 16.2 Å². The van der Waals surface area contributed by atoms with Gasteiger partial charge in [0.2, 0.25) is 0 Å². The third-order valence-corrected chi connectivity index (χ3v) is 7.56. The Balaban J connectivity index is 0.959. The lowest BCUT2D eigenvalue weighted by Crippen LogP contribution is -2.35. The van der Waals surface area contributed by atoms with Crippen molar-refractivity contribution in [2.45, 2.75) is 13.3 Å². The minimum Gasteiger partial charge on any atom is -0.383 e. The normalized spacial score (nSPS) is 12.6. The van der Waals surface area contributed by atoms with Crippen molar-refractivity contribution in [3.63, 3.8) is 0 Å². The Labute approximate surface area is 342 Å². The molecule has 0 atom stereocenters. The van der Waals surface area contributed by atoms with Gasteiger partial charge in [-0.25, -0.2) is 0 Å². The molecular formula is C39H65N7O12. The second-order valence-electron chi connectivity index (χ2n) is 12.0. The molecule has 0 saturated heterocycles. The van der Waals surface area contributed by atoms with E-state index >= 15 is 0 Å². The van der Waals surface area contributed by atoms with Crippen molar-refractivity contribution in [2.24, 2.45) is 10.2 Å².